The summed E-state index contributed by atoms with van der Waals surface area (Å²) in [6.07, 6.45) is 2.74. The minimum atomic E-state index is -1.21. The molecule has 0 fully saturated rings. The van der Waals surface area contributed by atoms with Crippen LogP contribution in [0.15, 0.2) is 48.5 Å². The number of rotatable bonds is 19. The molecule has 2 aromatic carbocycles. The number of phenolic OH excluding ortho intramolecular Hbond substituents is 2. The second-order valence-electron chi connectivity index (χ2n) is 10.4. The quantitative estimate of drug-likeness (QED) is 0.0978. The third kappa shape index (κ3) is 12.7. The first kappa shape index (κ1) is 35.0. The lowest BCUT2D eigenvalue weighted by Crippen LogP contribution is -2.57. The number of phenols is 2. The van der Waals surface area contributed by atoms with E-state index in [9.17, 15) is 34.5 Å². The normalized spacial score (nSPS) is 13.7. The van der Waals surface area contributed by atoms with E-state index in [1.807, 2.05) is 0 Å². The predicted octanol–water partition coefficient (Wildman–Crippen LogP) is 0.00730. The van der Waals surface area contributed by atoms with E-state index >= 15 is 0 Å². The van der Waals surface area contributed by atoms with Crippen LogP contribution in [-0.2, 0) is 32.0 Å². The van der Waals surface area contributed by atoms with Crippen molar-refractivity contribution in [3.8, 4) is 11.5 Å². The average Bonchev–Trinajstić information content (AvgIpc) is 2.97. The molecule has 0 saturated carbocycles. The molecule has 3 amide bonds. The molecular weight excluding hydrogens is 556 g/mol. The number of hydrogen-bond acceptors (Lipinski definition) is 9. The topological polar surface area (TPSA) is 243 Å². The Bertz CT molecular complexity index is 1180. The molecular formula is C30H44N6O7. The zero-order valence-electron chi connectivity index (χ0n) is 24.2. The Balaban J connectivity index is 2.21. The molecule has 43 heavy (non-hydrogen) atoms. The van der Waals surface area contributed by atoms with E-state index in [0.717, 1.165) is 5.56 Å². The van der Waals surface area contributed by atoms with Gasteiger partial charge in [-0.1, -0.05) is 24.3 Å². The molecule has 0 aliphatic rings. The van der Waals surface area contributed by atoms with E-state index in [2.05, 4.69) is 16.0 Å². The number of hydrogen-bond donors (Lipinski definition) is 9. The van der Waals surface area contributed by atoms with Crippen molar-refractivity contribution in [3.63, 3.8) is 0 Å². The molecule has 13 nitrogen and oxygen atoms in total. The number of carbonyl (C=O) groups is 4. The maximum Gasteiger partial charge on any atom is 0.326 e. The highest BCUT2D eigenvalue weighted by Crippen LogP contribution is 2.14. The molecule has 236 valence electrons. The van der Waals surface area contributed by atoms with Gasteiger partial charge >= 0.3 is 5.97 Å². The molecule has 2 aromatic rings. The number of nitrogens with two attached hydrogens (primary N) is 3. The fraction of sp³-hybridized carbons (Fsp3) is 0.467. The molecule has 0 bridgehead atoms. The molecule has 13 heteroatoms. The van der Waals surface area contributed by atoms with E-state index < -0.39 is 47.9 Å². The fourth-order valence-corrected chi connectivity index (χ4v) is 4.39. The van der Waals surface area contributed by atoms with Crippen molar-refractivity contribution in [2.75, 3.05) is 13.1 Å². The second-order valence-corrected chi connectivity index (χ2v) is 10.4. The van der Waals surface area contributed by atoms with Gasteiger partial charge in [0, 0.05) is 6.42 Å². The highest BCUT2D eigenvalue weighted by Gasteiger charge is 2.30. The van der Waals surface area contributed by atoms with E-state index in [0.29, 0.717) is 44.3 Å². The molecule has 4 unspecified atom stereocenters. The minimum absolute atomic E-state index is 0.00315. The lowest BCUT2D eigenvalue weighted by Gasteiger charge is -2.25. The summed E-state index contributed by atoms with van der Waals surface area (Å²) in [5, 5.41) is 36.6. The Morgan fingerprint density at radius 1 is 0.605 bits per heavy atom. The number of benzene rings is 2. The largest absolute Gasteiger partial charge is 0.508 e. The summed E-state index contributed by atoms with van der Waals surface area (Å²) >= 11 is 0. The molecule has 4 atom stereocenters. The highest BCUT2D eigenvalue weighted by atomic mass is 16.4. The standard InChI is InChI=1S/C30H44N6O7/c31-15-3-1-5-24(34-27(39)23(33)17-19-7-11-21(37)12-8-19)28(40)36-26(18-20-9-13-22(38)14-10-20)29(41)35-25(30(42)43)6-2-4-16-32/h7-14,23-26,37-38H,1-6,15-18,31-33H2,(H,34,39)(H,35,41)(H,36,40)(H,42,43). The van der Waals surface area contributed by atoms with Crippen LogP contribution in [0.25, 0.3) is 0 Å². The molecule has 0 aromatic heterocycles. The smallest absolute Gasteiger partial charge is 0.326 e. The van der Waals surface area contributed by atoms with E-state index in [4.69, 9.17) is 17.2 Å². The fourth-order valence-electron chi connectivity index (χ4n) is 4.39. The number of nitrogens with one attached hydrogen (secondary N) is 3. The molecule has 0 radical (unpaired) electrons. The first-order valence-corrected chi connectivity index (χ1v) is 14.4. The zero-order valence-corrected chi connectivity index (χ0v) is 24.2. The predicted molar refractivity (Wildman–Crippen MR) is 161 cm³/mol. The molecule has 0 aliphatic heterocycles. The Labute approximate surface area is 251 Å². The van der Waals surface area contributed by atoms with Gasteiger partial charge in [-0.25, -0.2) is 4.79 Å². The van der Waals surface area contributed by atoms with E-state index in [-0.39, 0.29) is 37.2 Å². The van der Waals surface area contributed by atoms with Gasteiger partial charge in [-0.3, -0.25) is 14.4 Å². The average molecular weight is 601 g/mol. The van der Waals surface area contributed by atoms with Crippen LogP contribution >= 0.6 is 0 Å². The Morgan fingerprint density at radius 2 is 1.02 bits per heavy atom. The molecule has 0 saturated heterocycles. The van der Waals surface area contributed by atoms with E-state index in [1.165, 1.54) is 24.3 Å². The molecule has 0 aliphatic carbocycles. The van der Waals surface area contributed by atoms with Crippen molar-refractivity contribution in [1.29, 1.82) is 0 Å². The van der Waals surface area contributed by atoms with E-state index in [1.54, 1.807) is 24.3 Å². The zero-order chi connectivity index (χ0) is 31.8. The lowest BCUT2D eigenvalue weighted by atomic mass is 10.0. The summed E-state index contributed by atoms with van der Waals surface area (Å²) in [6.45, 7) is 0.769. The van der Waals surface area contributed by atoms with Crippen molar-refractivity contribution in [2.45, 2.75) is 75.5 Å². The third-order valence-corrected chi connectivity index (χ3v) is 6.88. The van der Waals surface area contributed by atoms with Crippen LogP contribution in [0.2, 0.25) is 0 Å². The Morgan fingerprint density at radius 3 is 1.51 bits per heavy atom. The second kappa shape index (κ2) is 18.4. The van der Waals surface area contributed by atoms with Crippen LogP contribution in [-0.4, -0.2) is 76.3 Å². The number of amides is 3. The SMILES string of the molecule is NCCCCC(NC(=O)C(Cc1ccc(O)cc1)NC(=O)C(CCCCN)NC(=O)C(N)Cc1ccc(O)cc1)C(=O)O. The Kier molecular flexibility index (Phi) is 14.9. The van der Waals surface area contributed by atoms with Gasteiger partial charge in [0.1, 0.15) is 29.6 Å². The van der Waals surface area contributed by atoms with Gasteiger partial charge in [-0.05, 0) is 93.4 Å². The third-order valence-electron chi connectivity index (χ3n) is 6.88. The summed E-state index contributed by atoms with van der Waals surface area (Å²) in [4.78, 5) is 51.6. The molecule has 0 heterocycles. The summed E-state index contributed by atoms with van der Waals surface area (Å²) in [5.74, 6) is -3.05. The van der Waals surface area contributed by atoms with Crippen molar-refractivity contribution in [1.82, 2.24) is 16.0 Å². The first-order chi connectivity index (χ1) is 20.5. The van der Waals surface area contributed by atoms with Crippen LogP contribution < -0.4 is 33.2 Å². The maximum atomic E-state index is 13.5. The van der Waals surface area contributed by atoms with Crippen LogP contribution in [0.5, 0.6) is 11.5 Å². The number of carboxylic acid groups (broad SMARTS) is 1. The molecule has 12 N–H and O–H groups in total. The highest BCUT2D eigenvalue weighted by molar-refractivity contribution is 5.94. The van der Waals surface area contributed by atoms with Gasteiger partial charge in [-0.15, -0.1) is 0 Å². The number of aliphatic carboxylic acids is 1. The summed E-state index contributed by atoms with van der Waals surface area (Å²) in [6, 6.07) is 7.88. The van der Waals surface area contributed by atoms with Gasteiger partial charge in [0.05, 0.1) is 6.04 Å². The van der Waals surface area contributed by atoms with Gasteiger partial charge in [0.2, 0.25) is 17.7 Å². The van der Waals surface area contributed by atoms with Crippen LogP contribution in [0.4, 0.5) is 0 Å². The Hall–Kier alpha value is -4.20. The number of carbonyl (C=O) groups excluding carboxylic acids is 3. The monoisotopic (exact) mass is 600 g/mol. The number of unbranched alkanes of at least 4 members (excludes halogenated alkanes) is 2. The maximum absolute atomic E-state index is 13.5. The van der Waals surface area contributed by atoms with Gasteiger partial charge in [0.25, 0.3) is 0 Å². The van der Waals surface area contributed by atoms with Crippen molar-refractivity contribution in [2.24, 2.45) is 17.2 Å². The molecule has 2 rings (SSSR count). The number of aromatic hydroxyl groups is 2. The van der Waals surface area contributed by atoms with Crippen LogP contribution in [0.1, 0.15) is 49.7 Å². The summed E-state index contributed by atoms with van der Waals surface area (Å²) in [7, 11) is 0. The summed E-state index contributed by atoms with van der Waals surface area (Å²) in [5.41, 5.74) is 18.6. The van der Waals surface area contributed by atoms with Crippen molar-refractivity contribution >= 4 is 23.7 Å². The van der Waals surface area contributed by atoms with Gasteiger partial charge in [-0.2, -0.15) is 0 Å². The van der Waals surface area contributed by atoms with Gasteiger partial charge < -0.3 is 48.5 Å². The minimum Gasteiger partial charge on any atom is -0.508 e. The lowest BCUT2D eigenvalue weighted by molar-refractivity contribution is -0.142. The summed E-state index contributed by atoms with van der Waals surface area (Å²) < 4.78 is 0. The van der Waals surface area contributed by atoms with Crippen LogP contribution in [0, 0.1) is 0 Å². The van der Waals surface area contributed by atoms with Crippen molar-refractivity contribution < 1.29 is 34.5 Å². The van der Waals surface area contributed by atoms with Gasteiger partial charge in [0.15, 0.2) is 0 Å². The molecule has 0 spiro atoms. The van der Waals surface area contributed by atoms with Crippen molar-refractivity contribution in [3.05, 3.63) is 59.7 Å². The first-order valence-electron chi connectivity index (χ1n) is 14.4. The number of carboxylic acids is 1. The van der Waals surface area contributed by atoms with Crippen LogP contribution in [0.3, 0.4) is 0 Å².